The lowest BCUT2D eigenvalue weighted by molar-refractivity contribution is -0.137. The van der Waals surface area contributed by atoms with E-state index in [1.165, 1.54) is 17.0 Å². The minimum absolute atomic E-state index is 0.0368. The summed E-state index contributed by atoms with van der Waals surface area (Å²) in [5.74, 6) is -1.28. The quantitative estimate of drug-likeness (QED) is 0.634. The molecule has 1 saturated heterocycles. The van der Waals surface area contributed by atoms with Crippen molar-refractivity contribution in [3.8, 4) is 0 Å². The summed E-state index contributed by atoms with van der Waals surface area (Å²) in [6, 6.07) is 14.2. The number of hydrogen-bond acceptors (Lipinski definition) is 3. The van der Waals surface area contributed by atoms with Crippen LogP contribution in [0.1, 0.15) is 23.1 Å². The van der Waals surface area contributed by atoms with Crippen molar-refractivity contribution >= 4 is 17.5 Å². The van der Waals surface area contributed by atoms with Crippen molar-refractivity contribution in [2.45, 2.75) is 25.7 Å². The lowest BCUT2D eigenvalue weighted by Gasteiger charge is -2.18. The molecule has 1 N–H and O–H groups in total. The van der Waals surface area contributed by atoms with Crippen LogP contribution in [0.3, 0.4) is 0 Å². The summed E-state index contributed by atoms with van der Waals surface area (Å²) in [5, 5.41) is 6.98. The monoisotopic (exact) mass is 442 g/mol. The predicted octanol–water partition coefficient (Wildman–Crippen LogP) is 3.62. The van der Waals surface area contributed by atoms with E-state index >= 15 is 0 Å². The smallest absolute Gasteiger partial charge is 0.352 e. The first-order chi connectivity index (χ1) is 15.3. The molecule has 1 aromatic heterocycles. The van der Waals surface area contributed by atoms with Crippen molar-refractivity contribution < 1.29 is 22.8 Å². The molecule has 2 amide bonds. The van der Waals surface area contributed by atoms with Gasteiger partial charge >= 0.3 is 6.18 Å². The minimum Gasteiger partial charge on any atom is -0.352 e. The average molecular weight is 442 g/mol. The molecule has 0 unspecified atom stereocenters. The van der Waals surface area contributed by atoms with Crippen LogP contribution in [0, 0.1) is 5.92 Å². The lowest BCUT2D eigenvalue weighted by atomic mass is 10.1. The van der Waals surface area contributed by atoms with E-state index in [9.17, 15) is 22.8 Å². The molecule has 1 aliphatic heterocycles. The van der Waals surface area contributed by atoms with Gasteiger partial charge in [0.15, 0.2) is 0 Å². The molecule has 2 aromatic carbocycles. The molecule has 0 aliphatic carbocycles. The molecule has 0 spiro atoms. The molecule has 2 heterocycles. The zero-order chi connectivity index (χ0) is 22.7. The van der Waals surface area contributed by atoms with Crippen molar-refractivity contribution in [1.82, 2.24) is 15.1 Å². The Morgan fingerprint density at radius 3 is 2.53 bits per heavy atom. The van der Waals surface area contributed by atoms with Gasteiger partial charge in [-0.05, 0) is 35.4 Å². The van der Waals surface area contributed by atoms with Crippen molar-refractivity contribution in [3.63, 3.8) is 0 Å². The van der Waals surface area contributed by atoms with Crippen LogP contribution in [0.25, 0.3) is 0 Å². The van der Waals surface area contributed by atoms with Crippen LogP contribution in [0.2, 0.25) is 0 Å². The number of hydrogen-bond donors (Lipinski definition) is 1. The molecule has 4 rings (SSSR count). The number of aromatic nitrogens is 2. The highest BCUT2D eigenvalue weighted by molar-refractivity contribution is 6.00. The van der Waals surface area contributed by atoms with E-state index in [4.69, 9.17) is 0 Å². The molecule has 0 saturated carbocycles. The zero-order valence-corrected chi connectivity index (χ0v) is 17.0. The Bertz CT molecular complexity index is 1100. The summed E-state index contributed by atoms with van der Waals surface area (Å²) in [4.78, 5) is 26.2. The third-order valence-corrected chi connectivity index (χ3v) is 5.37. The van der Waals surface area contributed by atoms with Gasteiger partial charge in [-0.2, -0.15) is 18.3 Å². The number of rotatable bonds is 6. The van der Waals surface area contributed by atoms with Crippen LogP contribution in [-0.4, -0.2) is 28.1 Å². The van der Waals surface area contributed by atoms with E-state index in [2.05, 4.69) is 10.4 Å². The number of benzene rings is 2. The van der Waals surface area contributed by atoms with E-state index in [0.717, 1.165) is 23.3 Å². The van der Waals surface area contributed by atoms with Crippen LogP contribution >= 0.6 is 0 Å². The van der Waals surface area contributed by atoms with Gasteiger partial charge in [0, 0.05) is 37.6 Å². The van der Waals surface area contributed by atoms with E-state index in [1.54, 1.807) is 6.20 Å². The highest BCUT2D eigenvalue weighted by Gasteiger charge is 2.36. The first kappa shape index (κ1) is 21.6. The fourth-order valence-electron chi connectivity index (χ4n) is 3.66. The Labute approximate surface area is 182 Å². The fourth-order valence-corrected chi connectivity index (χ4v) is 3.66. The van der Waals surface area contributed by atoms with Gasteiger partial charge < -0.3 is 10.2 Å². The van der Waals surface area contributed by atoms with Crippen LogP contribution in [-0.2, 0) is 28.9 Å². The second-order valence-electron chi connectivity index (χ2n) is 7.69. The summed E-state index contributed by atoms with van der Waals surface area (Å²) < 4.78 is 40.7. The molecule has 1 aliphatic rings. The van der Waals surface area contributed by atoms with Crippen molar-refractivity contribution in [3.05, 3.63) is 83.7 Å². The van der Waals surface area contributed by atoms with Gasteiger partial charge in [0.2, 0.25) is 11.8 Å². The highest BCUT2D eigenvalue weighted by Crippen LogP contribution is 2.33. The van der Waals surface area contributed by atoms with Gasteiger partial charge in [0.25, 0.3) is 0 Å². The number of halogens is 3. The average Bonchev–Trinajstić information content (AvgIpc) is 3.42. The Morgan fingerprint density at radius 1 is 1.09 bits per heavy atom. The molecule has 1 atom stereocenters. The molecule has 6 nitrogen and oxygen atoms in total. The molecule has 32 heavy (non-hydrogen) atoms. The van der Waals surface area contributed by atoms with Crippen molar-refractivity contribution in [2.75, 3.05) is 11.4 Å². The number of anilines is 1. The second kappa shape index (κ2) is 8.86. The first-order valence-corrected chi connectivity index (χ1v) is 10.1. The molecule has 3 aromatic rings. The second-order valence-corrected chi connectivity index (χ2v) is 7.69. The maximum absolute atomic E-state index is 13.0. The number of amides is 2. The number of carbonyl (C=O) groups excluding carboxylic acids is 2. The van der Waals surface area contributed by atoms with Crippen LogP contribution < -0.4 is 10.2 Å². The van der Waals surface area contributed by atoms with Gasteiger partial charge in [-0.1, -0.05) is 30.3 Å². The summed E-state index contributed by atoms with van der Waals surface area (Å²) in [7, 11) is 0. The largest absolute Gasteiger partial charge is 0.416 e. The lowest BCUT2D eigenvalue weighted by Crippen LogP contribution is -2.32. The topological polar surface area (TPSA) is 67.2 Å². The Kier molecular flexibility index (Phi) is 5.98. The van der Waals surface area contributed by atoms with Crippen LogP contribution in [0.15, 0.2) is 67.0 Å². The van der Waals surface area contributed by atoms with E-state index in [1.807, 2.05) is 41.2 Å². The molecule has 9 heteroatoms. The summed E-state index contributed by atoms with van der Waals surface area (Å²) in [5.41, 5.74) is 1.29. The molecule has 1 fully saturated rings. The van der Waals surface area contributed by atoms with Crippen LogP contribution in [0.4, 0.5) is 18.9 Å². The van der Waals surface area contributed by atoms with E-state index in [-0.39, 0.29) is 30.5 Å². The molecule has 0 bridgehead atoms. The van der Waals surface area contributed by atoms with E-state index < -0.39 is 17.7 Å². The summed E-state index contributed by atoms with van der Waals surface area (Å²) in [6.45, 7) is 0.999. The number of nitrogens with one attached hydrogen (secondary N) is 1. The first-order valence-electron chi connectivity index (χ1n) is 10.1. The number of nitrogens with zero attached hydrogens (tertiary/aromatic N) is 3. The maximum atomic E-state index is 13.0. The van der Waals surface area contributed by atoms with Gasteiger partial charge in [-0.15, -0.1) is 0 Å². The van der Waals surface area contributed by atoms with Gasteiger partial charge in [0.1, 0.15) is 0 Å². The normalized spacial score (nSPS) is 16.4. The van der Waals surface area contributed by atoms with Gasteiger partial charge in [-0.3, -0.25) is 14.3 Å². The SMILES string of the molecule is O=C(NCc1ccc(Cn2cccn2)cc1)[C@H]1CC(=O)N(c2cccc(C(F)(F)F)c2)C1. The van der Waals surface area contributed by atoms with Crippen molar-refractivity contribution in [1.29, 1.82) is 0 Å². The fraction of sp³-hybridized carbons (Fsp3) is 0.261. The summed E-state index contributed by atoms with van der Waals surface area (Å²) in [6.07, 6.45) is -0.945. The number of carbonyl (C=O) groups is 2. The standard InChI is InChI=1S/C23H21F3N4O2/c24-23(25,26)19-3-1-4-20(12-19)30-15-18(11-21(30)31)22(32)27-13-16-5-7-17(8-6-16)14-29-10-2-9-28-29/h1-10,12,18H,11,13-15H2,(H,27,32)/t18-/m0/s1. The Balaban J connectivity index is 1.33. The van der Waals surface area contributed by atoms with E-state index in [0.29, 0.717) is 13.1 Å². The summed E-state index contributed by atoms with van der Waals surface area (Å²) >= 11 is 0. The third-order valence-electron chi connectivity index (χ3n) is 5.37. The molecular formula is C23H21F3N4O2. The zero-order valence-electron chi connectivity index (χ0n) is 17.0. The molecule has 0 radical (unpaired) electrons. The number of alkyl halides is 3. The predicted molar refractivity (Wildman–Crippen MR) is 112 cm³/mol. The molecular weight excluding hydrogens is 421 g/mol. The highest BCUT2D eigenvalue weighted by atomic mass is 19.4. The Hall–Kier alpha value is -3.62. The Morgan fingerprint density at radius 2 is 1.84 bits per heavy atom. The third kappa shape index (κ3) is 4.99. The van der Waals surface area contributed by atoms with Crippen molar-refractivity contribution in [2.24, 2.45) is 5.92 Å². The maximum Gasteiger partial charge on any atom is 0.416 e. The van der Waals surface area contributed by atoms with Gasteiger partial charge in [-0.25, -0.2) is 0 Å². The molecule has 166 valence electrons. The van der Waals surface area contributed by atoms with Gasteiger partial charge in [0.05, 0.1) is 18.0 Å². The minimum atomic E-state index is -4.50. The van der Waals surface area contributed by atoms with Crippen LogP contribution in [0.5, 0.6) is 0 Å².